The van der Waals surface area contributed by atoms with E-state index in [1.54, 1.807) is 0 Å². The Balaban J connectivity index is 2.44. The summed E-state index contributed by atoms with van der Waals surface area (Å²) in [6.45, 7) is 2.56. The highest BCUT2D eigenvalue weighted by Crippen LogP contribution is 2.13. The maximum Gasteiger partial charge on any atom is 0.226 e. The van der Waals surface area contributed by atoms with E-state index >= 15 is 0 Å². The molecule has 4 heteroatoms. The normalized spacial score (nSPS) is 15.9. The molecule has 2 heterocycles. The average Bonchev–Trinajstić information content (AvgIpc) is 2.32. The van der Waals surface area contributed by atoms with Crippen molar-refractivity contribution in [2.75, 3.05) is 0 Å². The Labute approximate surface area is 64.0 Å². The van der Waals surface area contributed by atoms with Gasteiger partial charge in [-0.1, -0.05) is 0 Å². The van der Waals surface area contributed by atoms with Crippen molar-refractivity contribution in [3.8, 4) is 0 Å². The minimum atomic E-state index is 0.0705. The highest BCUT2D eigenvalue weighted by atomic mass is 16.1. The lowest BCUT2D eigenvalue weighted by Gasteiger charge is -2.11. The Hall–Kier alpha value is -1.32. The zero-order chi connectivity index (χ0) is 7.84. The second-order valence-electron chi connectivity index (χ2n) is 2.72. The summed E-state index contributed by atoms with van der Waals surface area (Å²) in [6, 6.07) is 0. The van der Waals surface area contributed by atoms with Crippen LogP contribution >= 0.6 is 0 Å². The molecule has 0 spiro atoms. The van der Waals surface area contributed by atoms with Crippen molar-refractivity contribution < 1.29 is 4.79 Å². The van der Waals surface area contributed by atoms with Gasteiger partial charge in [0.15, 0.2) is 0 Å². The molecule has 0 radical (unpaired) electrons. The van der Waals surface area contributed by atoms with Gasteiger partial charge in [0.25, 0.3) is 0 Å². The molecule has 0 unspecified atom stereocenters. The Morgan fingerprint density at radius 2 is 2.36 bits per heavy atom. The molecule has 1 aliphatic heterocycles. The van der Waals surface area contributed by atoms with Crippen LogP contribution in [0.25, 0.3) is 0 Å². The molecule has 11 heavy (non-hydrogen) atoms. The van der Waals surface area contributed by atoms with Gasteiger partial charge in [0.05, 0.1) is 12.1 Å². The van der Waals surface area contributed by atoms with Crippen molar-refractivity contribution in [2.45, 2.75) is 19.9 Å². The highest BCUT2D eigenvalue weighted by molar-refractivity contribution is 5.80. The summed E-state index contributed by atoms with van der Waals surface area (Å²) in [6.07, 6.45) is 0.441. The number of fused-ring (bicyclic) bond motifs is 1. The first-order chi connectivity index (χ1) is 5.27. The molecule has 0 aromatic carbocycles. The van der Waals surface area contributed by atoms with Gasteiger partial charge in [0, 0.05) is 17.8 Å². The van der Waals surface area contributed by atoms with Crippen LogP contribution in [0.15, 0.2) is 0 Å². The summed E-state index contributed by atoms with van der Waals surface area (Å²) in [5.74, 6) is 0.0705. The SMILES string of the molecule is Cc1n[nH]c2c1CNC(=O)C2. The maximum absolute atomic E-state index is 10.9. The first kappa shape index (κ1) is 6.39. The Kier molecular flexibility index (Phi) is 1.21. The van der Waals surface area contributed by atoms with E-state index in [1.807, 2.05) is 6.92 Å². The summed E-state index contributed by atoms with van der Waals surface area (Å²) < 4.78 is 0. The summed E-state index contributed by atoms with van der Waals surface area (Å²) in [5.41, 5.74) is 3.09. The number of carbonyl (C=O) groups is 1. The van der Waals surface area contributed by atoms with Gasteiger partial charge in [0.1, 0.15) is 0 Å². The standard InChI is InChI=1S/C7H9N3O/c1-4-5-3-8-7(11)2-6(5)10-9-4/h2-3H2,1H3,(H,8,11)(H,9,10). The van der Waals surface area contributed by atoms with Crippen molar-refractivity contribution in [2.24, 2.45) is 0 Å². The molecule has 1 aromatic rings. The lowest BCUT2D eigenvalue weighted by atomic mass is 10.1. The molecule has 0 saturated heterocycles. The fraction of sp³-hybridized carbons (Fsp3) is 0.429. The predicted molar refractivity (Wildman–Crippen MR) is 38.9 cm³/mol. The van der Waals surface area contributed by atoms with E-state index in [-0.39, 0.29) is 5.91 Å². The summed E-state index contributed by atoms with van der Waals surface area (Å²) in [7, 11) is 0. The molecule has 2 rings (SSSR count). The van der Waals surface area contributed by atoms with Gasteiger partial charge in [-0.3, -0.25) is 9.89 Å². The van der Waals surface area contributed by atoms with Crippen LogP contribution < -0.4 is 5.32 Å². The number of aromatic amines is 1. The lowest BCUT2D eigenvalue weighted by Crippen LogP contribution is -2.30. The minimum absolute atomic E-state index is 0.0705. The second kappa shape index (κ2) is 2.08. The maximum atomic E-state index is 10.9. The van der Waals surface area contributed by atoms with E-state index in [9.17, 15) is 4.79 Å². The van der Waals surface area contributed by atoms with Crippen LogP contribution in [-0.4, -0.2) is 16.1 Å². The van der Waals surface area contributed by atoms with Crippen LogP contribution in [-0.2, 0) is 17.8 Å². The fourth-order valence-electron chi connectivity index (χ4n) is 1.30. The summed E-state index contributed by atoms with van der Waals surface area (Å²) in [4.78, 5) is 10.9. The molecule has 1 aliphatic rings. The molecule has 0 bridgehead atoms. The Morgan fingerprint density at radius 3 is 3.18 bits per heavy atom. The van der Waals surface area contributed by atoms with Gasteiger partial charge < -0.3 is 5.32 Å². The number of aryl methyl sites for hydroxylation is 1. The van der Waals surface area contributed by atoms with Crippen molar-refractivity contribution in [1.29, 1.82) is 0 Å². The summed E-state index contributed by atoms with van der Waals surface area (Å²) in [5, 5.41) is 9.63. The topological polar surface area (TPSA) is 57.8 Å². The number of rotatable bonds is 0. The van der Waals surface area contributed by atoms with Gasteiger partial charge in [-0.15, -0.1) is 0 Å². The number of nitrogens with one attached hydrogen (secondary N) is 2. The smallest absolute Gasteiger partial charge is 0.226 e. The number of H-pyrrole nitrogens is 1. The largest absolute Gasteiger partial charge is 0.352 e. The van der Waals surface area contributed by atoms with Crippen molar-refractivity contribution in [3.63, 3.8) is 0 Å². The highest BCUT2D eigenvalue weighted by Gasteiger charge is 2.18. The van der Waals surface area contributed by atoms with Crippen molar-refractivity contribution in [3.05, 3.63) is 17.0 Å². The van der Waals surface area contributed by atoms with Gasteiger partial charge in [-0.2, -0.15) is 5.10 Å². The van der Waals surface area contributed by atoms with E-state index in [2.05, 4.69) is 15.5 Å². The van der Waals surface area contributed by atoms with Gasteiger partial charge in [-0.25, -0.2) is 0 Å². The molecule has 4 nitrogen and oxygen atoms in total. The van der Waals surface area contributed by atoms with Crippen LogP contribution in [0.5, 0.6) is 0 Å². The number of aromatic nitrogens is 2. The molecular formula is C7H9N3O. The van der Waals surface area contributed by atoms with Gasteiger partial charge >= 0.3 is 0 Å². The predicted octanol–water partition coefficient (Wildman–Crippen LogP) is -0.110. The van der Waals surface area contributed by atoms with E-state index in [0.29, 0.717) is 13.0 Å². The molecule has 0 aliphatic carbocycles. The quantitative estimate of drug-likeness (QED) is 0.543. The lowest BCUT2D eigenvalue weighted by molar-refractivity contribution is -0.121. The molecule has 2 N–H and O–H groups in total. The zero-order valence-electron chi connectivity index (χ0n) is 6.27. The molecule has 1 aromatic heterocycles. The number of carbonyl (C=O) groups excluding carboxylic acids is 1. The van der Waals surface area contributed by atoms with Crippen molar-refractivity contribution >= 4 is 5.91 Å². The van der Waals surface area contributed by atoms with Gasteiger partial charge in [-0.05, 0) is 6.92 Å². The van der Waals surface area contributed by atoms with Crippen LogP contribution in [0.3, 0.4) is 0 Å². The Morgan fingerprint density at radius 1 is 1.55 bits per heavy atom. The molecule has 1 amide bonds. The minimum Gasteiger partial charge on any atom is -0.352 e. The second-order valence-corrected chi connectivity index (χ2v) is 2.72. The molecule has 0 fully saturated rings. The Bertz CT molecular complexity index is 303. The summed E-state index contributed by atoms with van der Waals surface area (Å²) >= 11 is 0. The van der Waals surface area contributed by atoms with E-state index in [1.165, 1.54) is 0 Å². The zero-order valence-corrected chi connectivity index (χ0v) is 6.27. The van der Waals surface area contributed by atoms with Crippen molar-refractivity contribution in [1.82, 2.24) is 15.5 Å². The van der Waals surface area contributed by atoms with E-state index in [4.69, 9.17) is 0 Å². The monoisotopic (exact) mass is 151 g/mol. The number of hydrogen-bond donors (Lipinski definition) is 2. The van der Waals surface area contributed by atoms with Crippen LogP contribution in [0.2, 0.25) is 0 Å². The number of amides is 1. The average molecular weight is 151 g/mol. The molecular weight excluding hydrogens is 142 g/mol. The molecule has 58 valence electrons. The third-order valence-corrected chi connectivity index (χ3v) is 1.96. The first-order valence-corrected chi connectivity index (χ1v) is 3.57. The van der Waals surface area contributed by atoms with Gasteiger partial charge in [0.2, 0.25) is 5.91 Å². The van der Waals surface area contributed by atoms with E-state index < -0.39 is 0 Å². The fourth-order valence-corrected chi connectivity index (χ4v) is 1.30. The third-order valence-electron chi connectivity index (χ3n) is 1.96. The van der Waals surface area contributed by atoms with Crippen LogP contribution in [0.1, 0.15) is 17.0 Å². The first-order valence-electron chi connectivity index (χ1n) is 3.57. The molecule has 0 saturated carbocycles. The van der Waals surface area contributed by atoms with E-state index in [0.717, 1.165) is 17.0 Å². The third kappa shape index (κ3) is 0.906. The number of nitrogens with zero attached hydrogens (tertiary/aromatic N) is 1. The number of hydrogen-bond acceptors (Lipinski definition) is 2. The van der Waals surface area contributed by atoms with Crippen LogP contribution in [0.4, 0.5) is 0 Å². The van der Waals surface area contributed by atoms with Crippen LogP contribution in [0, 0.1) is 6.92 Å². The molecule has 0 atom stereocenters.